The molecule has 0 saturated heterocycles. The lowest BCUT2D eigenvalue weighted by atomic mass is 10.3. The van der Waals surface area contributed by atoms with Gasteiger partial charge in [-0.25, -0.2) is 0 Å². The fraction of sp³-hybridized carbons (Fsp3) is 0.353. The predicted molar refractivity (Wildman–Crippen MR) is 95.7 cm³/mol. The lowest BCUT2D eigenvalue weighted by molar-refractivity contribution is -0.128. The van der Waals surface area contributed by atoms with Crippen LogP contribution in [0.25, 0.3) is 5.69 Å². The van der Waals surface area contributed by atoms with Gasteiger partial charge in [-0.1, -0.05) is 17.8 Å². The number of amides is 1. The number of carbonyl (C=O) groups is 1. The van der Waals surface area contributed by atoms with Gasteiger partial charge in [-0.3, -0.25) is 9.36 Å². The molecule has 0 unspecified atom stereocenters. The van der Waals surface area contributed by atoms with Gasteiger partial charge in [-0.15, -0.1) is 10.2 Å². The second kappa shape index (κ2) is 10.1. The van der Waals surface area contributed by atoms with Crippen LogP contribution < -0.4 is 4.74 Å². The summed E-state index contributed by atoms with van der Waals surface area (Å²) in [6.07, 6.45) is 2.05. The van der Waals surface area contributed by atoms with Gasteiger partial charge in [-0.05, 0) is 12.1 Å². The van der Waals surface area contributed by atoms with Gasteiger partial charge in [0.25, 0.3) is 0 Å². The molecule has 1 heterocycles. The Labute approximate surface area is 156 Å². The highest BCUT2D eigenvalue weighted by Gasteiger charge is 2.16. The summed E-state index contributed by atoms with van der Waals surface area (Å²) in [5.74, 6) is 0.725. The Morgan fingerprint density at radius 3 is 2.69 bits per heavy atom. The monoisotopic (exact) mass is 370 g/mol. The molecule has 134 valence electrons. The number of rotatable bonds is 9. The molecule has 9 heteroatoms. The van der Waals surface area contributed by atoms with E-state index in [9.17, 15) is 4.79 Å². The van der Waals surface area contributed by atoms with E-state index in [1.807, 2.05) is 36.4 Å². The van der Waals surface area contributed by atoms with Gasteiger partial charge in [0.15, 0.2) is 5.16 Å². The van der Waals surface area contributed by atoms with Crippen LogP contribution in [-0.2, 0) is 4.79 Å². The summed E-state index contributed by atoms with van der Waals surface area (Å²) >= 11 is 1.26. The standard InChI is InChI=1S/C17H18N6O2S/c1-25-15-6-2-5-14(11-15)23-13-20-21-17(23)26-12-16(24)22(9-3-7-18)10-4-8-19/h2,5-6,11,13H,3-4,9-10,12H2,1H3. The third-order valence-electron chi connectivity index (χ3n) is 3.51. The van der Waals surface area contributed by atoms with E-state index in [0.29, 0.717) is 24.0 Å². The number of hydrogen-bond acceptors (Lipinski definition) is 7. The van der Waals surface area contributed by atoms with Crippen molar-refractivity contribution in [1.82, 2.24) is 19.7 Å². The van der Waals surface area contributed by atoms with Crippen LogP contribution >= 0.6 is 11.8 Å². The smallest absolute Gasteiger partial charge is 0.233 e. The van der Waals surface area contributed by atoms with Crippen LogP contribution in [0.3, 0.4) is 0 Å². The zero-order valence-corrected chi connectivity index (χ0v) is 15.1. The maximum Gasteiger partial charge on any atom is 0.233 e. The Balaban J connectivity index is 2.05. The molecule has 1 aromatic heterocycles. The number of carbonyl (C=O) groups excluding carboxylic acids is 1. The third kappa shape index (κ3) is 5.23. The summed E-state index contributed by atoms with van der Waals surface area (Å²) in [6, 6.07) is 11.5. The van der Waals surface area contributed by atoms with Crippen molar-refractivity contribution < 1.29 is 9.53 Å². The lowest BCUT2D eigenvalue weighted by Crippen LogP contribution is -2.34. The average molecular weight is 370 g/mol. The number of nitriles is 2. The van der Waals surface area contributed by atoms with Crippen LogP contribution in [-0.4, -0.2) is 51.5 Å². The first-order chi connectivity index (χ1) is 12.7. The third-order valence-corrected chi connectivity index (χ3v) is 4.44. The van der Waals surface area contributed by atoms with Crippen molar-refractivity contribution in [2.75, 3.05) is 26.0 Å². The number of hydrogen-bond donors (Lipinski definition) is 0. The van der Waals surface area contributed by atoms with Crippen LogP contribution in [0.4, 0.5) is 0 Å². The zero-order chi connectivity index (χ0) is 18.8. The summed E-state index contributed by atoms with van der Waals surface area (Å²) < 4.78 is 7.00. The molecule has 0 aliphatic carbocycles. The number of nitrogens with zero attached hydrogens (tertiary/aromatic N) is 6. The quantitative estimate of drug-likeness (QED) is 0.621. The molecule has 0 aliphatic heterocycles. The van der Waals surface area contributed by atoms with E-state index in [0.717, 1.165) is 5.69 Å². The van der Waals surface area contributed by atoms with Crippen LogP contribution in [0.5, 0.6) is 5.75 Å². The molecule has 2 aromatic rings. The predicted octanol–water partition coefficient (Wildman–Crippen LogP) is 2.02. The Morgan fingerprint density at radius 2 is 2.04 bits per heavy atom. The highest BCUT2D eigenvalue weighted by molar-refractivity contribution is 7.99. The lowest BCUT2D eigenvalue weighted by Gasteiger charge is -2.20. The highest BCUT2D eigenvalue weighted by Crippen LogP contribution is 2.22. The Bertz CT molecular complexity index is 805. The van der Waals surface area contributed by atoms with Gasteiger partial charge in [0.05, 0.1) is 43.5 Å². The molecule has 0 fully saturated rings. The van der Waals surface area contributed by atoms with E-state index >= 15 is 0 Å². The number of thioether (sulfide) groups is 1. The summed E-state index contributed by atoms with van der Waals surface area (Å²) in [5, 5.41) is 26.0. The van der Waals surface area contributed by atoms with Gasteiger partial charge >= 0.3 is 0 Å². The van der Waals surface area contributed by atoms with Gasteiger partial charge in [0.1, 0.15) is 12.1 Å². The SMILES string of the molecule is COc1cccc(-n2cnnc2SCC(=O)N(CCC#N)CCC#N)c1. The first kappa shape index (κ1) is 19.3. The second-order valence-electron chi connectivity index (χ2n) is 5.17. The van der Waals surface area contributed by atoms with Crippen LogP contribution in [0.2, 0.25) is 0 Å². The van der Waals surface area contributed by atoms with Crippen molar-refractivity contribution in [3.05, 3.63) is 30.6 Å². The fourth-order valence-electron chi connectivity index (χ4n) is 2.21. The maximum absolute atomic E-state index is 12.4. The molecule has 2 rings (SSSR count). The first-order valence-electron chi connectivity index (χ1n) is 7.88. The van der Waals surface area contributed by atoms with E-state index < -0.39 is 0 Å². The minimum absolute atomic E-state index is 0.138. The molecule has 0 saturated carbocycles. The normalized spacial score (nSPS) is 9.96. The Hall–Kier alpha value is -3.04. The minimum Gasteiger partial charge on any atom is -0.497 e. The molecular weight excluding hydrogens is 352 g/mol. The number of benzene rings is 1. The molecule has 0 bridgehead atoms. The number of methoxy groups -OCH3 is 1. The van der Waals surface area contributed by atoms with E-state index in [2.05, 4.69) is 10.2 Å². The number of aromatic nitrogens is 3. The van der Waals surface area contributed by atoms with Crippen molar-refractivity contribution in [3.8, 4) is 23.6 Å². The van der Waals surface area contributed by atoms with Crippen molar-refractivity contribution >= 4 is 17.7 Å². The maximum atomic E-state index is 12.4. The van der Waals surface area contributed by atoms with E-state index in [1.165, 1.54) is 16.7 Å². The minimum atomic E-state index is -0.138. The fourth-order valence-corrected chi connectivity index (χ4v) is 3.04. The van der Waals surface area contributed by atoms with Gasteiger partial charge in [0.2, 0.25) is 5.91 Å². The van der Waals surface area contributed by atoms with Gasteiger partial charge < -0.3 is 9.64 Å². The van der Waals surface area contributed by atoms with E-state index in [1.54, 1.807) is 18.0 Å². The van der Waals surface area contributed by atoms with Crippen LogP contribution in [0.1, 0.15) is 12.8 Å². The molecular formula is C17H18N6O2S. The largest absolute Gasteiger partial charge is 0.497 e. The van der Waals surface area contributed by atoms with Crippen molar-refractivity contribution in [2.45, 2.75) is 18.0 Å². The average Bonchev–Trinajstić information content (AvgIpc) is 3.15. The first-order valence-corrected chi connectivity index (χ1v) is 8.87. The van der Waals surface area contributed by atoms with E-state index in [-0.39, 0.29) is 24.5 Å². The molecule has 1 amide bonds. The zero-order valence-electron chi connectivity index (χ0n) is 14.3. The van der Waals surface area contributed by atoms with E-state index in [4.69, 9.17) is 15.3 Å². The number of ether oxygens (including phenoxy) is 1. The van der Waals surface area contributed by atoms with Crippen LogP contribution in [0.15, 0.2) is 35.7 Å². The molecule has 0 radical (unpaired) electrons. The van der Waals surface area contributed by atoms with Crippen molar-refractivity contribution in [2.24, 2.45) is 0 Å². The van der Waals surface area contributed by atoms with Gasteiger partial charge in [-0.2, -0.15) is 10.5 Å². The molecule has 26 heavy (non-hydrogen) atoms. The summed E-state index contributed by atoms with van der Waals surface area (Å²) in [5.41, 5.74) is 0.829. The summed E-state index contributed by atoms with van der Waals surface area (Å²) in [7, 11) is 1.59. The topological polar surface area (TPSA) is 108 Å². The molecule has 0 atom stereocenters. The van der Waals surface area contributed by atoms with Crippen molar-refractivity contribution in [1.29, 1.82) is 10.5 Å². The molecule has 1 aromatic carbocycles. The molecule has 0 spiro atoms. The molecule has 0 aliphatic rings. The van der Waals surface area contributed by atoms with Gasteiger partial charge in [0, 0.05) is 19.2 Å². The summed E-state index contributed by atoms with van der Waals surface area (Å²) in [6.45, 7) is 0.639. The second-order valence-corrected chi connectivity index (χ2v) is 6.11. The molecule has 0 N–H and O–H groups in total. The summed E-state index contributed by atoms with van der Waals surface area (Å²) in [4.78, 5) is 13.9. The van der Waals surface area contributed by atoms with Crippen LogP contribution in [0, 0.1) is 22.7 Å². The van der Waals surface area contributed by atoms with Crippen molar-refractivity contribution in [3.63, 3.8) is 0 Å². The highest BCUT2D eigenvalue weighted by atomic mass is 32.2. The molecule has 8 nitrogen and oxygen atoms in total. The Kier molecular flexibility index (Phi) is 7.47. The Morgan fingerprint density at radius 1 is 1.31 bits per heavy atom.